The lowest BCUT2D eigenvalue weighted by atomic mass is 10.0. The highest BCUT2D eigenvalue weighted by atomic mass is 16.6. The maximum atomic E-state index is 12.5. The number of carbonyl (C=O) groups excluding carboxylic acids is 1. The summed E-state index contributed by atoms with van der Waals surface area (Å²) in [5.74, 6) is 5.86. The number of hydrogen-bond donors (Lipinski definition) is 1. The highest BCUT2D eigenvalue weighted by molar-refractivity contribution is 5.89. The van der Waals surface area contributed by atoms with Crippen molar-refractivity contribution in [2.24, 2.45) is 0 Å². The average Bonchev–Trinajstić information content (AvgIpc) is 2.79. The van der Waals surface area contributed by atoms with Gasteiger partial charge in [0.1, 0.15) is 12.2 Å². The lowest BCUT2D eigenvalue weighted by Gasteiger charge is -2.22. The predicted octanol–water partition coefficient (Wildman–Crippen LogP) is 7.47. The minimum Gasteiger partial charge on any atom is -0.456 e. The van der Waals surface area contributed by atoms with Gasteiger partial charge in [-0.25, -0.2) is 4.79 Å². The summed E-state index contributed by atoms with van der Waals surface area (Å²) >= 11 is 0. The molecule has 0 saturated heterocycles. The number of rotatable bonds is 17. The van der Waals surface area contributed by atoms with Crippen LogP contribution in [0.3, 0.4) is 0 Å². The van der Waals surface area contributed by atoms with Gasteiger partial charge in [0.05, 0.1) is 5.56 Å². The number of hydrogen-bond acceptors (Lipinski definition) is 3. The summed E-state index contributed by atoms with van der Waals surface area (Å²) in [7, 11) is 0. The molecule has 0 amide bonds. The number of aliphatic hydroxyl groups excluding tert-OH is 1. The molecule has 31 heavy (non-hydrogen) atoms. The van der Waals surface area contributed by atoms with Crippen molar-refractivity contribution in [2.75, 3.05) is 0 Å². The van der Waals surface area contributed by atoms with Crippen molar-refractivity contribution in [1.29, 1.82) is 0 Å². The summed E-state index contributed by atoms with van der Waals surface area (Å²) in [6.45, 7) is 4.42. The Morgan fingerprint density at radius 3 is 2.06 bits per heavy atom. The SMILES string of the molecule is CCCCCC#CC[C@H](O)[C@H](CCCCCCCCCCC)OC(=O)c1ccccc1. The van der Waals surface area contributed by atoms with E-state index in [1.807, 2.05) is 18.2 Å². The minimum absolute atomic E-state index is 0.357. The summed E-state index contributed by atoms with van der Waals surface area (Å²) in [6.07, 6.45) is 15.3. The fourth-order valence-electron chi connectivity index (χ4n) is 3.63. The van der Waals surface area contributed by atoms with Gasteiger partial charge in [-0.2, -0.15) is 0 Å². The van der Waals surface area contributed by atoms with Gasteiger partial charge in [0.2, 0.25) is 0 Å². The second-order valence-corrected chi connectivity index (χ2v) is 8.51. The van der Waals surface area contributed by atoms with Crippen LogP contribution in [0.25, 0.3) is 0 Å². The topological polar surface area (TPSA) is 46.5 Å². The van der Waals surface area contributed by atoms with Crippen molar-refractivity contribution < 1.29 is 14.6 Å². The molecule has 0 aliphatic carbocycles. The van der Waals surface area contributed by atoms with Gasteiger partial charge in [-0.3, -0.25) is 0 Å². The van der Waals surface area contributed by atoms with E-state index in [4.69, 9.17) is 4.74 Å². The zero-order valence-electron chi connectivity index (χ0n) is 19.9. The van der Waals surface area contributed by atoms with E-state index in [-0.39, 0.29) is 5.97 Å². The predicted molar refractivity (Wildman–Crippen MR) is 130 cm³/mol. The minimum atomic E-state index is -0.736. The maximum absolute atomic E-state index is 12.5. The molecule has 0 fully saturated rings. The third-order valence-electron chi connectivity index (χ3n) is 5.63. The van der Waals surface area contributed by atoms with Crippen LogP contribution in [-0.4, -0.2) is 23.3 Å². The van der Waals surface area contributed by atoms with Crippen LogP contribution in [0.5, 0.6) is 0 Å². The molecule has 0 bridgehead atoms. The van der Waals surface area contributed by atoms with Crippen molar-refractivity contribution in [3.05, 3.63) is 35.9 Å². The van der Waals surface area contributed by atoms with E-state index in [9.17, 15) is 9.90 Å². The molecule has 0 heterocycles. The summed E-state index contributed by atoms with van der Waals surface area (Å²) in [5.41, 5.74) is 0.525. The first kappa shape index (κ1) is 27.2. The first-order chi connectivity index (χ1) is 15.2. The van der Waals surface area contributed by atoms with E-state index in [1.54, 1.807) is 12.1 Å². The van der Waals surface area contributed by atoms with Crippen LogP contribution in [0.15, 0.2) is 30.3 Å². The molecule has 1 rings (SSSR count). The van der Waals surface area contributed by atoms with Gasteiger partial charge in [0.15, 0.2) is 0 Å². The van der Waals surface area contributed by atoms with Crippen LogP contribution in [0.4, 0.5) is 0 Å². The summed E-state index contributed by atoms with van der Waals surface area (Å²) in [4.78, 5) is 12.5. The monoisotopic (exact) mass is 428 g/mol. The maximum Gasteiger partial charge on any atom is 0.338 e. The van der Waals surface area contributed by atoms with E-state index in [2.05, 4.69) is 25.7 Å². The molecule has 0 aromatic heterocycles. The lowest BCUT2D eigenvalue weighted by Crippen LogP contribution is -2.31. The van der Waals surface area contributed by atoms with Crippen molar-refractivity contribution >= 4 is 5.97 Å². The zero-order chi connectivity index (χ0) is 22.6. The van der Waals surface area contributed by atoms with Crippen LogP contribution in [0.1, 0.15) is 121 Å². The molecule has 1 aromatic carbocycles. The highest BCUT2D eigenvalue weighted by Crippen LogP contribution is 2.17. The standard InChI is InChI=1S/C28H44O3/c1-3-5-7-9-11-12-13-15-20-24-27(26(29)23-19-14-10-8-6-4-2)31-28(30)25-21-17-16-18-22-25/h16-18,21-22,26-27,29H,3-13,15,20,23-24H2,1-2H3/t26-,27-/m0/s1. The molecule has 0 aliphatic heterocycles. The van der Waals surface area contributed by atoms with Gasteiger partial charge in [-0.05, 0) is 31.4 Å². The van der Waals surface area contributed by atoms with Crippen LogP contribution < -0.4 is 0 Å². The van der Waals surface area contributed by atoms with E-state index >= 15 is 0 Å². The van der Waals surface area contributed by atoms with Crippen LogP contribution in [-0.2, 0) is 4.74 Å². The van der Waals surface area contributed by atoms with Gasteiger partial charge >= 0.3 is 5.97 Å². The highest BCUT2D eigenvalue weighted by Gasteiger charge is 2.23. The summed E-state index contributed by atoms with van der Waals surface area (Å²) in [6, 6.07) is 9.02. The smallest absolute Gasteiger partial charge is 0.338 e. The molecule has 3 nitrogen and oxygen atoms in total. The molecular weight excluding hydrogens is 384 g/mol. The summed E-state index contributed by atoms with van der Waals surface area (Å²) in [5, 5.41) is 10.7. The van der Waals surface area contributed by atoms with Crippen molar-refractivity contribution in [3.63, 3.8) is 0 Å². The number of ether oxygens (including phenoxy) is 1. The van der Waals surface area contributed by atoms with Gasteiger partial charge in [-0.1, -0.05) is 96.3 Å². The van der Waals surface area contributed by atoms with Crippen molar-refractivity contribution in [1.82, 2.24) is 0 Å². The third-order valence-corrected chi connectivity index (χ3v) is 5.63. The first-order valence-electron chi connectivity index (χ1n) is 12.6. The quantitative estimate of drug-likeness (QED) is 0.159. The molecule has 2 atom stereocenters. The van der Waals surface area contributed by atoms with Gasteiger partial charge in [0.25, 0.3) is 0 Å². The fraction of sp³-hybridized carbons (Fsp3) is 0.679. The van der Waals surface area contributed by atoms with Gasteiger partial charge < -0.3 is 9.84 Å². The molecule has 0 unspecified atom stereocenters. The number of unbranched alkanes of at least 4 members (excludes halogenated alkanes) is 11. The molecular formula is C28H44O3. The normalized spacial score (nSPS) is 12.6. The van der Waals surface area contributed by atoms with E-state index in [0.29, 0.717) is 18.4 Å². The Morgan fingerprint density at radius 1 is 0.839 bits per heavy atom. The molecule has 1 aromatic rings. The second kappa shape index (κ2) is 18.9. The number of carbonyl (C=O) groups is 1. The van der Waals surface area contributed by atoms with E-state index in [0.717, 1.165) is 25.7 Å². The molecule has 0 radical (unpaired) electrons. The van der Waals surface area contributed by atoms with Gasteiger partial charge in [-0.15, -0.1) is 11.8 Å². The Bertz CT molecular complexity index is 614. The van der Waals surface area contributed by atoms with Crippen molar-refractivity contribution in [2.45, 2.75) is 122 Å². The summed E-state index contributed by atoms with van der Waals surface area (Å²) < 4.78 is 5.71. The Hall–Kier alpha value is -1.79. The van der Waals surface area contributed by atoms with E-state index in [1.165, 1.54) is 57.8 Å². The number of aliphatic hydroxyl groups is 1. The molecule has 1 N–H and O–H groups in total. The number of benzene rings is 1. The second-order valence-electron chi connectivity index (χ2n) is 8.51. The van der Waals surface area contributed by atoms with Crippen LogP contribution in [0.2, 0.25) is 0 Å². The number of esters is 1. The third kappa shape index (κ3) is 14.0. The largest absolute Gasteiger partial charge is 0.456 e. The average molecular weight is 429 g/mol. The van der Waals surface area contributed by atoms with Gasteiger partial charge in [0, 0.05) is 12.8 Å². The fourth-order valence-corrected chi connectivity index (χ4v) is 3.63. The molecule has 174 valence electrons. The molecule has 0 aliphatic rings. The van der Waals surface area contributed by atoms with Crippen LogP contribution in [0, 0.1) is 11.8 Å². The van der Waals surface area contributed by atoms with E-state index < -0.39 is 12.2 Å². The molecule has 0 spiro atoms. The zero-order valence-corrected chi connectivity index (χ0v) is 19.9. The Balaban J connectivity index is 2.45. The first-order valence-corrected chi connectivity index (χ1v) is 12.6. The van der Waals surface area contributed by atoms with Crippen molar-refractivity contribution in [3.8, 4) is 11.8 Å². The Labute approximate surface area is 191 Å². The lowest BCUT2D eigenvalue weighted by molar-refractivity contribution is -0.0206. The molecule has 0 saturated carbocycles. The van der Waals surface area contributed by atoms with Crippen LogP contribution >= 0.6 is 0 Å². The molecule has 3 heteroatoms. The Morgan fingerprint density at radius 2 is 1.42 bits per heavy atom. The Kier molecular flexibility index (Phi) is 16.6.